The number of thioether (sulfide) groups is 2. The van der Waals surface area contributed by atoms with Crippen LogP contribution in [0, 0.1) is 0 Å². The second kappa shape index (κ2) is 9.07. The summed E-state index contributed by atoms with van der Waals surface area (Å²) in [4.78, 5) is 3.58. The highest BCUT2D eigenvalue weighted by Crippen LogP contribution is 2.21. The molecule has 5 nitrogen and oxygen atoms in total. The molecule has 0 saturated carbocycles. The molecule has 3 rings (SSSR count). The molecule has 1 aromatic heterocycles. The predicted molar refractivity (Wildman–Crippen MR) is 104 cm³/mol. The lowest BCUT2D eigenvalue weighted by Crippen LogP contribution is -2.23. The number of hydrogen-bond donors (Lipinski definition) is 0. The average molecular weight is 379 g/mol. The Hall–Kier alpha value is -1.02. The van der Waals surface area contributed by atoms with Gasteiger partial charge in [-0.2, -0.15) is 0 Å². The molecule has 2 heterocycles. The second-order valence-corrected chi connectivity index (χ2v) is 8.02. The van der Waals surface area contributed by atoms with E-state index in [9.17, 15) is 0 Å². The van der Waals surface area contributed by atoms with Crippen molar-refractivity contribution in [2.75, 3.05) is 26.2 Å². The summed E-state index contributed by atoms with van der Waals surface area (Å²) in [6.45, 7) is 3.41. The van der Waals surface area contributed by atoms with Gasteiger partial charge in [0, 0.05) is 18.0 Å². The highest BCUT2D eigenvalue weighted by molar-refractivity contribution is 7.98. The van der Waals surface area contributed by atoms with Crippen molar-refractivity contribution in [2.24, 2.45) is 0 Å². The number of nitrogens with zero attached hydrogens (tertiary/aromatic N) is 4. The average Bonchev–Trinajstić information content (AvgIpc) is 3.26. The first-order chi connectivity index (χ1) is 12.2. The van der Waals surface area contributed by atoms with Crippen LogP contribution in [0.1, 0.15) is 24.2 Å². The van der Waals surface area contributed by atoms with Crippen LogP contribution in [0.5, 0.6) is 0 Å². The number of hydrogen-bond acceptors (Lipinski definition) is 6. The molecule has 0 amide bonds. The molecule has 2 aromatic rings. The summed E-state index contributed by atoms with van der Waals surface area (Å²) in [5, 5.41) is 9.76. The maximum Gasteiger partial charge on any atom is 0.191 e. The van der Waals surface area contributed by atoms with Crippen LogP contribution in [0.2, 0.25) is 0 Å². The maximum atomic E-state index is 5.80. The van der Waals surface area contributed by atoms with Gasteiger partial charge in [-0.05, 0) is 50.1 Å². The van der Waals surface area contributed by atoms with Gasteiger partial charge in [-0.3, -0.25) is 4.90 Å². The summed E-state index contributed by atoms with van der Waals surface area (Å²) < 4.78 is 8.03. The topological polar surface area (TPSA) is 43.2 Å². The minimum absolute atomic E-state index is 0.296. The molecule has 1 aliphatic rings. The van der Waals surface area contributed by atoms with Gasteiger partial charge in [0.1, 0.15) is 5.82 Å². The molecule has 0 bridgehead atoms. The summed E-state index contributed by atoms with van der Waals surface area (Å²) in [6.07, 6.45) is 6.73. The van der Waals surface area contributed by atoms with E-state index in [4.69, 9.17) is 4.74 Å². The molecule has 1 saturated heterocycles. The van der Waals surface area contributed by atoms with Crippen LogP contribution in [-0.2, 0) is 24.4 Å². The highest BCUT2D eigenvalue weighted by atomic mass is 32.2. The van der Waals surface area contributed by atoms with Crippen LogP contribution in [0.25, 0.3) is 0 Å². The van der Waals surface area contributed by atoms with Crippen molar-refractivity contribution in [3.63, 3.8) is 0 Å². The van der Waals surface area contributed by atoms with Gasteiger partial charge in [-0.15, -0.1) is 22.0 Å². The number of benzene rings is 1. The van der Waals surface area contributed by atoms with E-state index < -0.39 is 0 Å². The van der Waals surface area contributed by atoms with Gasteiger partial charge in [-0.25, -0.2) is 0 Å². The van der Waals surface area contributed by atoms with Crippen LogP contribution in [0.4, 0.5) is 0 Å². The Morgan fingerprint density at radius 2 is 1.96 bits per heavy atom. The fraction of sp³-hybridized carbons (Fsp3) is 0.556. The SMILES string of the molecule is CSc1ccc(CN(C)Cc2nnc(SC)n2CC2CCCO2)cc1. The van der Waals surface area contributed by atoms with Crippen molar-refractivity contribution in [3.05, 3.63) is 35.7 Å². The summed E-state index contributed by atoms with van der Waals surface area (Å²) >= 11 is 3.42. The van der Waals surface area contributed by atoms with E-state index in [0.29, 0.717) is 6.10 Å². The van der Waals surface area contributed by atoms with E-state index in [2.05, 4.69) is 63.5 Å². The Kier molecular flexibility index (Phi) is 6.81. The highest BCUT2D eigenvalue weighted by Gasteiger charge is 2.21. The van der Waals surface area contributed by atoms with E-state index >= 15 is 0 Å². The fourth-order valence-corrected chi connectivity index (χ4v) is 4.03. The maximum absolute atomic E-state index is 5.80. The third-order valence-electron chi connectivity index (χ3n) is 4.41. The van der Waals surface area contributed by atoms with E-state index in [1.165, 1.54) is 10.5 Å². The minimum Gasteiger partial charge on any atom is -0.376 e. The molecular formula is C18H26N4OS2. The summed E-state index contributed by atoms with van der Waals surface area (Å²) in [5.41, 5.74) is 1.32. The summed E-state index contributed by atoms with van der Waals surface area (Å²) in [6, 6.07) is 8.76. The van der Waals surface area contributed by atoms with Crippen LogP contribution in [0.3, 0.4) is 0 Å². The number of aromatic nitrogens is 3. The molecule has 1 unspecified atom stereocenters. The minimum atomic E-state index is 0.296. The van der Waals surface area contributed by atoms with E-state index in [1.807, 2.05) is 0 Å². The van der Waals surface area contributed by atoms with Crippen molar-refractivity contribution in [1.29, 1.82) is 0 Å². The Morgan fingerprint density at radius 1 is 1.16 bits per heavy atom. The molecule has 1 aromatic carbocycles. The van der Waals surface area contributed by atoms with Gasteiger partial charge in [0.2, 0.25) is 0 Å². The zero-order valence-electron chi connectivity index (χ0n) is 15.1. The van der Waals surface area contributed by atoms with Gasteiger partial charge < -0.3 is 9.30 Å². The smallest absolute Gasteiger partial charge is 0.191 e. The molecule has 0 spiro atoms. The standard InChI is InChI=1S/C18H26N4OS2/c1-21(11-14-6-8-16(24-2)9-7-14)13-17-19-20-18(25-3)22(17)12-15-5-4-10-23-15/h6-9,15H,4-5,10-13H2,1-3H3. The molecule has 1 fully saturated rings. The molecule has 0 aliphatic carbocycles. The van der Waals surface area contributed by atoms with E-state index in [0.717, 1.165) is 50.1 Å². The van der Waals surface area contributed by atoms with Crippen LogP contribution in [0.15, 0.2) is 34.3 Å². The molecule has 25 heavy (non-hydrogen) atoms. The lowest BCUT2D eigenvalue weighted by molar-refractivity contribution is 0.0934. The Labute approximate surface area is 158 Å². The van der Waals surface area contributed by atoms with E-state index in [-0.39, 0.29) is 0 Å². The zero-order valence-corrected chi connectivity index (χ0v) is 16.8. The van der Waals surface area contributed by atoms with Crippen LogP contribution in [-0.4, -0.2) is 51.9 Å². The van der Waals surface area contributed by atoms with Crippen molar-refractivity contribution in [2.45, 2.75) is 48.6 Å². The molecule has 0 N–H and O–H groups in total. The van der Waals surface area contributed by atoms with Crippen molar-refractivity contribution < 1.29 is 4.74 Å². The van der Waals surface area contributed by atoms with Crippen molar-refractivity contribution in [1.82, 2.24) is 19.7 Å². The summed E-state index contributed by atoms with van der Waals surface area (Å²) in [7, 11) is 2.13. The summed E-state index contributed by atoms with van der Waals surface area (Å²) in [5.74, 6) is 1.02. The molecular weight excluding hydrogens is 352 g/mol. The number of ether oxygens (including phenoxy) is 1. The predicted octanol–water partition coefficient (Wildman–Crippen LogP) is 3.53. The van der Waals surface area contributed by atoms with Gasteiger partial charge >= 0.3 is 0 Å². The second-order valence-electron chi connectivity index (χ2n) is 6.37. The Morgan fingerprint density at radius 3 is 2.60 bits per heavy atom. The van der Waals surface area contributed by atoms with Gasteiger partial charge in [0.15, 0.2) is 5.16 Å². The quantitative estimate of drug-likeness (QED) is 0.655. The van der Waals surface area contributed by atoms with Gasteiger partial charge in [-0.1, -0.05) is 23.9 Å². The van der Waals surface area contributed by atoms with E-state index in [1.54, 1.807) is 23.5 Å². The third-order valence-corrected chi connectivity index (χ3v) is 5.82. The molecule has 1 atom stereocenters. The largest absolute Gasteiger partial charge is 0.376 e. The first-order valence-corrected chi connectivity index (χ1v) is 11.0. The van der Waals surface area contributed by atoms with Crippen molar-refractivity contribution in [3.8, 4) is 0 Å². The van der Waals surface area contributed by atoms with Crippen molar-refractivity contribution >= 4 is 23.5 Å². The van der Waals surface area contributed by atoms with Gasteiger partial charge in [0.25, 0.3) is 0 Å². The molecule has 7 heteroatoms. The monoisotopic (exact) mass is 378 g/mol. The lowest BCUT2D eigenvalue weighted by atomic mass is 10.2. The molecule has 0 radical (unpaired) electrons. The Balaban J connectivity index is 1.65. The first kappa shape index (κ1) is 18.8. The fourth-order valence-electron chi connectivity index (χ4n) is 3.10. The molecule has 1 aliphatic heterocycles. The number of rotatable bonds is 8. The van der Waals surface area contributed by atoms with Gasteiger partial charge in [0.05, 0.1) is 19.2 Å². The van der Waals surface area contributed by atoms with Crippen LogP contribution < -0.4 is 0 Å². The first-order valence-electron chi connectivity index (χ1n) is 8.58. The Bertz CT molecular complexity index is 668. The van der Waals surface area contributed by atoms with Crippen LogP contribution >= 0.6 is 23.5 Å². The normalized spacial score (nSPS) is 17.5. The molecule has 136 valence electrons. The zero-order chi connectivity index (χ0) is 17.6. The third kappa shape index (κ3) is 5.00. The lowest BCUT2D eigenvalue weighted by Gasteiger charge is -2.19.